The predicted molar refractivity (Wildman–Crippen MR) is 71.8 cm³/mol. The predicted octanol–water partition coefficient (Wildman–Crippen LogP) is 1.30. The van der Waals surface area contributed by atoms with Gasteiger partial charge in [0.25, 0.3) is 0 Å². The van der Waals surface area contributed by atoms with E-state index in [2.05, 4.69) is 28.9 Å². The molecule has 19 heavy (non-hydrogen) atoms. The summed E-state index contributed by atoms with van der Waals surface area (Å²) in [7, 11) is 0. The molecule has 0 radical (unpaired) electrons. The highest BCUT2D eigenvalue weighted by Gasteiger charge is 2.28. The van der Waals surface area contributed by atoms with E-state index in [1.807, 2.05) is 6.92 Å². The lowest BCUT2D eigenvalue weighted by Crippen LogP contribution is -2.38. The Morgan fingerprint density at radius 1 is 1.47 bits per heavy atom. The molecule has 0 saturated carbocycles. The van der Waals surface area contributed by atoms with Crippen LogP contribution in [-0.2, 0) is 4.74 Å². The summed E-state index contributed by atoms with van der Waals surface area (Å²) in [6.45, 7) is 9.71. The van der Waals surface area contributed by atoms with Gasteiger partial charge in [-0.1, -0.05) is 19.0 Å². The highest BCUT2D eigenvalue weighted by Crippen LogP contribution is 2.24. The maximum absolute atomic E-state index is 5.94. The summed E-state index contributed by atoms with van der Waals surface area (Å²) in [4.78, 5) is 6.81. The summed E-state index contributed by atoms with van der Waals surface area (Å²) in [5.41, 5.74) is 5.94. The molecule has 6 nitrogen and oxygen atoms in total. The molecule has 0 spiro atoms. The number of hydrogen-bond donors (Lipinski definition) is 1. The van der Waals surface area contributed by atoms with Gasteiger partial charge in [-0.05, 0) is 19.9 Å². The topological polar surface area (TPSA) is 77.4 Å². The van der Waals surface area contributed by atoms with Crippen molar-refractivity contribution >= 4 is 0 Å². The number of likely N-dealkylation sites (N-methyl/N-ethyl adjacent to an activating group) is 1. The van der Waals surface area contributed by atoms with Crippen molar-refractivity contribution in [2.45, 2.75) is 45.3 Å². The minimum Gasteiger partial charge on any atom is -0.367 e. The van der Waals surface area contributed by atoms with Gasteiger partial charge in [0, 0.05) is 19.1 Å². The Morgan fingerprint density at radius 2 is 2.26 bits per heavy atom. The van der Waals surface area contributed by atoms with Crippen LogP contribution in [0.1, 0.15) is 50.9 Å². The molecule has 0 amide bonds. The van der Waals surface area contributed by atoms with Gasteiger partial charge in [-0.15, -0.1) is 0 Å². The Bertz CT molecular complexity index is 394. The summed E-state index contributed by atoms with van der Waals surface area (Å²) in [6.07, 6.45) is 0.808. The fraction of sp³-hybridized carbons (Fsp3) is 0.846. The lowest BCUT2D eigenvalue weighted by Gasteiger charge is -2.30. The molecule has 1 fully saturated rings. The van der Waals surface area contributed by atoms with Crippen molar-refractivity contribution < 1.29 is 9.26 Å². The van der Waals surface area contributed by atoms with E-state index < -0.39 is 0 Å². The summed E-state index contributed by atoms with van der Waals surface area (Å²) in [6, 6.07) is 0.0118. The van der Waals surface area contributed by atoms with Crippen molar-refractivity contribution in [1.82, 2.24) is 15.0 Å². The number of aromatic nitrogens is 2. The molecule has 2 rings (SSSR count). The van der Waals surface area contributed by atoms with Crippen molar-refractivity contribution in [1.29, 1.82) is 0 Å². The SMILES string of the molecule is CCC(c1nc(C2CN(CC)CCO2)no1)C(C)N. The van der Waals surface area contributed by atoms with E-state index in [-0.39, 0.29) is 18.1 Å². The van der Waals surface area contributed by atoms with E-state index in [4.69, 9.17) is 15.0 Å². The molecule has 1 aromatic heterocycles. The lowest BCUT2D eigenvalue weighted by atomic mass is 9.99. The Hall–Kier alpha value is -0.980. The molecule has 2 heterocycles. The smallest absolute Gasteiger partial charge is 0.231 e. The first-order valence-electron chi connectivity index (χ1n) is 7.08. The average molecular weight is 268 g/mol. The number of rotatable bonds is 5. The maximum atomic E-state index is 5.94. The van der Waals surface area contributed by atoms with Gasteiger partial charge in [0.15, 0.2) is 0 Å². The first-order valence-corrected chi connectivity index (χ1v) is 7.08. The quantitative estimate of drug-likeness (QED) is 0.867. The zero-order chi connectivity index (χ0) is 13.8. The molecule has 1 aromatic rings. The average Bonchev–Trinajstić information content (AvgIpc) is 2.89. The number of morpholine rings is 1. The third-order valence-electron chi connectivity index (χ3n) is 3.73. The maximum Gasteiger partial charge on any atom is 0.231 e. The van der Waals surface area contributed by atoms with E-state index in [0.717, 1.165) is 26.1 Å². The minimum absolute atomic E-state index is 0.0118. The van der Waals surface area contributed by atoms with Crippen LogP contribution in [0.3, 0.4) is 0 Å². The molecule has 1 aliphatic heterocycles. The largest absolute Gasteiger partial charge is 0.367 e. The summed E-state index contributed by atoms with van der Waals surface area (Å²) >= 11 is 0. The third kappa shape index (κ3) is 3.32. The summed E-state index contributed by atoms with van der Waals surface area (Å²) in [5, 5.41) is 4.07. The molecule has 3 atom stereocenters. The van der Waals surface area contributed by atoms with Crippen LogP contribution in [0.2, 0.25) is 0 Å². The van der Waals surface area contributed by atoms with Gasteiger partial charge in [0.2, 0.25) is 11.7 Å². The van der Waals surface area contributed by atoms with Crippen LogP contribution < -0.4 is 5.73 Å². The first-order chi connectivity index (χ1) is 9.15. The molecule has 2 N–H and O–H groups in total. The summed E-state index contributed by atoms with van der Waals surface area (Å²) in [5.74, 6) is 1.39. The molecule has 108 valence electrons. The molecule has 1 aliphatic rings. The normalized spacial score (nSPS) is 24.3. The van der Waals surface area contributed by atoms with Crippen LogP contribution in [0.25, 0.3) is 0 Å². The second kappa shape index (κ2) is 6.45. The van der Waals surface area contributed by atoms with Crippen LogP contribution in [0.5, 0.6) is 0 Å². The third-order valence-corrected chi connectivity index (χ3v) is 3.73. The van der Waals surface area contributed by atoms with E-state index in [1.165, 1.54) is 0 Å². The van der Waals surface area contributed by atoms with Crippen LogP contribution in [0.15, 0.2) is 4.52 Å². The van der Waals surface area contributed by atoms with Crippen LogP contribution in [0, 0.1) is 0 Å². The van der Waals surface area contributed by atoms with E-state index in [1.54, 1.807) is 0 Å². The van der Waals surface area contributed by atoms with E-state index in [9.17, 15) is 0 Å². The van der Waals surface area contributed by atoms with Crippen LogP contribution in [0.4, 0.5) is 0 Å². The highest BCUT2D eigenvalue weighted by atomic mass is 16.5. The summed E-state index contributed by atoms with van der Waals surface area (Å²) < 4.78 is 11.1. The van der Waals surface area contributed by atoms with Crippen molar-refractivity contribution in [3.05, 3.63) is 11.7 Å². The fourth-order valence-electron chi connectivity index (χ4n) is 2.45. The minimum atomic E-state index is -0.0863. The van der Waals surface area contributed by atoms with Gasteiger partial charge >= 0.3 is 0 Å². The van der Waals surface area contributed by atoms with E-state index in [0.29, 0.717) is 18.3 Å². The van der Waals surface area contributed by atoms with Gasteiger partial charge in [-0.25, -0.2) is 0 Å². The number of ether oxygens (including phenoxy) is 1. The van der Waals surface area contributed by atoms with Gasteiger partial charge in [0.05, 0.1) is 12.5 Å². The van der Waals surface area contributed by atoms with E-state index >= 15 is 0 Å². The molecule has 0 aliphatic carbocycles. The van der Waals surface area contributed by atoms with Crippen molar-refractivity contribution in [2.24, 2.45) is 5.73 Å². The zero-order valence-corrected chi connectivity index (χ0v) is 12.0. The Balaban J connectivity index is 2.07. The molecule has 1 saturated heterocycles. The molecule has 0 aromatic carbocycles. The van der Waals surface area contributed by atoms with Crippen molar-refractivity contribution in [3.8, 4) is 0 Å². The number of nitrogens with zero attached hydrogens (tertiary/aromatic N) is 3. The Kier molecular flexibility index (Phi) is 4.90. The fourth-order valence-corrected chi connectivity index (χ4v) is 2.45. The lowest BCUT2D eigenvalue weighted by molar-refractivity contribution is -0.0334. The molecule has 6 heteroatoms. The molecular weight excluding hydrogens is 244 g/mol. The number of hydrogen-bond acceptors (Lipinski definition) is 6. The first kappa shape index (κ1) is 14.4. The van der Waals surface area contributed by atoms with Crippen molar-refractivity contribution in [2.75, 3.05) is 26.2 Å². The van der Waals surface area contributed by atoms with Gasteiger partial charge < -0.3 is 15.0 Å². The standard InChI is InChI=1S/C13H24N4O2/c1-4-10(9(3)14)13-15-12(16-19-13)11-8-17(5-2)6-7-18-11/h9-11H,4-8,14H2,1-3H3. The second-order valence-electron chi connectivity index (χ2n) is 5.12. The monoisotopic (exact) mass is 268 g/mol. The molecule has 3 unspecified atom stereocenters. The van der Waals surface area contributed by atoms with Gasteiger partial charge in [0.1, 0.15) is 6.10 Å². The Morgan fingerprint density at radius 3 is 2.89 bits per heavy atom. The van der Waals surface area contributed by atoms with Gasteiger partial charge in [-0.2, -0.15) is 4.98 Å². The second-order valence-corrected chi connectivity index (χ2v) is 5.12. The van der Waals surface area contributed by atoms with Crippen molar-refractivity contribution in [3.63, 3.8) is 0 Å². The highest BCUT2D eigenvalue weighted by molar-refractivity contribution is 5.00. The Labute approximate surface area is 114 Å². The van der Waals surface area contributed by atoms with Gasteiger partial charge in [-0.3, -0.25) is 4.90 Å². The van der Waals surface area contributed by atoms with Crippen LogP contribution >= 0.6 is 0 Å². The van der Waals surface area contributed by atoms with Crippen LogP contribution in [-0.4, -0.2) is 47.3 Å². The molecule has 0 bridgehead atoms. The molecular formula is C13H24N4O2. The number of nitrogens with two attached hydrogens (primary N) is 1. The zero-order valence-electron chi connectivity index (χ0n) is 12.0.